The van der Waals surface area contributed by atoms with Gasteiger partial charge < -0.3 is 10.6 Å². The Kier molecular flexibility index (Phi) is 4.14. The number of hydrogen-bond acceptors (Lipinski definition) is 5. The number of carbonyl (C=O) groups excluding carboxylic acids is 3. The first-order valence-corrected chi connectivity index (χ1v) is 8.78. The fourth-order valence-electron chi connectivity index (χ4n) is 4.32. The van der Waals surface area contributed by atoms with Crippen molar-refractivity contribution >= 4 is 29.2 Å². The SMILES string of the molecule is O=C(NCN1C(=O)[C@@H]2[C@H](C1=O)[C@H]1C=C[C@H]2CC1)Nc1cccc([N+](=O)[O-])c1. The van der Waals surface area contributed by atoms with Gasteiger partial charge in [0, 0.05) is 17.8 Å². The van der Waals surface area contributed by atoms with Crippen molar-refractivity contribution in [2.24, 2.45) is 23.7 Å². The van der Waals surface area contributed by atoms with Crippen LogP contribution in [0.1, 0.15) is 12.8 Å². The standard InChI is InChI=1S/C18H18N4O5/c23-16-14-10-4-5-11(7-6-10)15(14)17(24)21(16)9-19-18(25)20-12-2-1-3-13(8-12)22(26)27/h1-5,8,10-11,14-15H,6-7,9H2,(H2,19,20,25)/t10-,11-,14-,15+/m0/s1. The highest BCUT2D eigenvalue weighted by atomic mass is 16.6. The molecule has 0 radical (unpaired) electrons. The number of nitro benzene ring substituents is 1. The number of nitro groups is 1. The second kappa shape index (κ2) is 6.49. The molecule has 4 aliphatic rings. The van der Waals surface area contributed by atoms with Gasteiger partial charge in [-0.15, -0.1) is 0 Å². The Bertz CT molecular complexity index is 835. The summed E-state index contributed by atoms with van der Waals surface area (Å²) in [6, 6.07) is 4.86. The van der Waals surface area contributed by atoms with Gasteiger partial charge in [0.2, 0.25) is 11.8 Å². The number of allylic oxidation sites excluding steroid dienone is 2. The van der Waals surface area contributed by atoms with Crippen LogP contribution in [0.2, 0.25) is 0 Å². The van der Waals surface area contributed by atoms with E-state index >= 15 is 0 Å². The van der Waals surface area contributed by atoms with E-state index < -0.39 is 11.0 Å². The molecule has 0 spiro atoms. The Morgan fingerprint density at radius 3 is 2.33 bits per heavy atom. The monoisotopic (exact) mass is 370 g/mol. The average molecular weight is 370 g/mol. The Balaban J connectivity index is 1.38. The van der Waals surface area contributed by atoms with Gasteiger partial charge in [-0.05, 0) is 30.7 Å². The van der Waals surface area contributed by atoms with Gasteiger partial charge in [0.1, 0.15) is 6.67 Å². The van der Waals surface area contributed by atoms with Crippen molar-refractivity contribution in [3.05, 3.63) is 46.5 Å². The minimum absolute atomic E-state index is 0.0974. The molecule has 1 aliphatic heterocycles. The molecule has 1 aromatic carbocycles. The topological polar surface area (TPSA) is 122 Å². The second-order valence-corrected chi connectivity index (χ2v) is 7.04. The van der Waals surface area contributed by atoms with Crippen molar-refractivity contribution < 1.29 is 19.3 Å². The number of nitrogens with zero attached hydrogens (tertiary/aromatic N) is 2. The number of rotatable bonds is 4. The fraction of sp³-hybridized carbons (Fsp3) is 0.389. The third kappa shape index (κ3) is 2.94. The summed E-state index contributed by atoms with van der Waals surface area (Å²) in [5, 5.41) is 15.7. The number of fused-ring (bicyclic) bond motifs is 1. The molecule has 5 rings (SSSR count). The van der Waals surface area contributed by atoms with E-state index in [1.165, 1.54) is 24.3 Å². The summed E-state index contributed by atoms with van der Waals surface area (Å²) in [5.74, 6) is -0.912. The normalized spacial score (nSPS) is 28.2. The van der Waals surface area contributed by atoms with Gasteiger partial charge in [-0.25, -0.2) is 4.79 Å². The number of benzene rings is 1. The van der Waals surface area contributed by atoms with E-state index in [0.717, 1.165) is 17.7 Å². The van der Waals surface area contributed by atoms with Crippen molar-refractivity contribution in [1.29, 1.82) is 0 Å². The Morgan fingerprint density at radius 1 is 1.15 bits per heavy atom. The summed E-state index contributed by atoms with van der Waals surface area (Å²) in [7, 11) is 0. The summed E-state index contributed by atoms with van der Waals surface area (Å²) in [6.07, 6.45) is 5.89. The lowest BCUT2D eigenvalue weighted by atomic mass is 9.63. The minimum Gasteiger partial charge on any atom is -0.320 e. The lowest BCUT2D eigenvalue weighted by Crippen LogP contribution is -2.43. The average Bonchev–Trinajstić information content (AvgIpc) is 2.94. The molecule has 2 fully saturated rings. The molecule has 1 aromatic rings. The van der Waals surface area contributed by atoms with E-state index in [-0.39, 0.29) is 53.5 Å². The Hall–Kier alpha value is -3.23. The van der Waals surface area contributed by atoms with Crippen LogP contribution in [-0.4, -0.2) is 34.3 Å². The van der Waals surface area contributed by atoms with Crippen molar-refractivity contribution in [3.63, 3.8) is 0 Å². The molecular formula is C18H18N4O5. The largest absolute Gasteiger partial charge is 0.320 e. The molecule has 1 heterocycles. The van der Waals surface area contributed by atoms with Gasteiger partial charge in [-0.3, -0.25) is 24.6 Å². The molecule has 27 heavy (non-hydrogen) atoms. The summed E-state index contributed by atoms with van der Waals surface area (Å²) in [4.78, 5) is 48.7. The van der Waals surface area contributed by atoms with E-state index in [4.69, 9.17) is 0 Å². The summed E-state index contributed by atoms with van der Waals surface area (Å²) in [5.41, 5.74) is 0.0986. The summed E-state index contributed by atoms with van der Waals surface area (Å²) < 4.78 is 0. The maximum absolute atomic E-state index is 12.7. The number of anilines is 1. The first-order chi connectivity index (χ1) is 13.0. The molecule has 140 valence electrons. The van der Waals surface area contributed by atoms with E-state index in [2.05, 4.69) is 10.6 Å². The van der Waals surface area contributed by atoms with Gasteiger partial charge in [-0.1, -0.05) is 18.2 Å². The predicted octanol–water partition coefficient (Wildman–Crippen LogP) is 1.87. The maximum Gasteiger partial charge on any atom is 0.320 e. The van der Waals surface area contributed by atoms with E-state index in [0.29, 0.717) is 0 Å². The zero-order valence-electron chi connectivity index (χ0n) is 14.3. The van der Waals surface area contributed by atoms with Crippen LogP contribution in [-0.2, 0) is 9.59 Å². The third-order valence-electron chi connectivity index (χ3n) is 5.56. The highest BCUT2D eigenvalue weighted by Crippen LogP contribution is 2.49. The summed E-state index contributed by atoms with van der Waals surface area (Å²) >= 11 is 0. The van der Waals surface area contributed by atoms with E-state index in [1.807, 2.05) is 12.2 Å². The first kappa shape index (κ1) is 17.2. The highest BCUT2D eigenvalue weighted by molar-refractivity contribution is 6.06. The number of non-ortho nitro benzene ring substituents is 1. The van der Waals surface area contributed by atoms with E-state index in [9.17, 15) is 24.5 Å². The van der Waals surface area contributed by atoms with E-state index in [1.54, 1.807) is 0 Å². The molecule has 2 bridgehead atoms. The lowest BCUT2D eigenvalue weighted by Gasteiger charge is -2.38. The fourth-order valence-corrected chi connectivity index (χ4v) is 4.32. The van der Waals surface area contributed by atoms with Crippen LogP contribution in [0.25, 0.3) is 0 Å². The van der Waals surface area contributed by atoms with Crippen LogP contribution in [0.5, 0.6) is 0 Å². The molecule has 1 saturated carbocycles. The van der Waals surface area contributed by atoms with Gasteiger partial charge in [0.15, 0.2) is 0 Å². The Morgan fingerprint density at radius 2 is 1.78 bits per heavy atom. The zero-order valence-corrected chi connectivity index (χ0v) is 14.3. The van der Waals surface area contributed by atoms with Crippen molar-refractivity contribution in [2.45, 2.75) is 12.8 Å². The number of nitrogens with one attached hydrogen (secondary N) is 2. The van der Waals surface area contributed by atoms with Gasteiger partial charge in [0.25, 0.3) is 5.69 Å². The molecule has 1 saturated heterocycles. The van der Waals surface area contributed by atoms with Gasteiger partial charge in [-0.2, -0.15) is 0 Å². The lowest BCUT2D eigenvalue weighted by molar-refractivity contribution is -0.384. The number of urea groups is 1. The number of hydrogen-bond donors (Lipinski definition) is 2. The molecule has 9 heteroatoms. The molecule has 0 aromatic heterocycles. The van der Waals surface area contributed by atoms with Crippen molar-refractivity contribution in [2.75, 3.05) is 12.0 Å². The highest BCUT2D eigenvalue weighted by Gasteiger charge is 2.56. The van der Waals surface area contributed by atoms with Crippen molar-refractivity contribution in [3.8, 4) is 0 Å². The maximum atomic E-state index is 12.7. The number of carbonyl (C=O) groups is 3. The smallest absolute Gasteiger partial charge is 0.320 e. The molecular weight excluding hydrogens is 352 g/mol. The molecule has 0 unspecified atom stereocenters. The third-order valence-corrected chi connectivity index (χ3v) is 5.56. The van der Waals surface area contributed by atoms with Gasteiger partial charge >= 0.3 is 6.03 Å². The van der Waals surface area contributed by atoms with Crippen LogP contribution in [0.15, 0.2) is 36.4 Å². The van der Waals surface area contributed by atoms with Crippen molar-refractivity contribution in [1.82, 2.24) is 10.2 Å². The molecule has 4 atom stereocenters. The molecule has 3 aliphatic carbocycles. The second-order valence-electron chi connectivity index (χ2n) is 7.04. The first-order valence-electron chi connectivity index (χ1n) is 8.78. The van der Waals surface area contributed by atoms with Gasteiger partial charge in [0.05, 0.1) is 16.8 Å². The Labute approximate surface area is 154 Å². The number of imide groups is 1. The summed E-state index contributed by atoms with van der Waals surface area (Å²) in [6.45, 7) is -0.217. The minimum atomic E-state index is -0.646. The van der Waals surface area contributed by atoms with Crippen LogP contribution in [0.4, 0.5) is 16.2 Å². The van der Waals surface area contributed by atoms with Crippen LogP contribution in [0.3, 0.4) is 0 Å². The predicted molar refractivity (Wildman–Crippen MR) is 94.3 cm³/mol. The molecule has 2 N–H and O–H groups in total. The van der Waals surface area contributed by atoms with Crippen LogP contribution >= 0.6 is 0 Å². The molecule has 9 nitrogen and oxygen atoms in total. The number of likely N-dealkylation sites (tertiary alicyclic amines) is 1. The molecule has 4 amide bonds. The van der Waals surface area contributed by atoms with Crippen LogP contribution < -0.4 is 10.6 Å². The quantitative estimate of drug-likeness (QED) is 0.363. The van der Waals surface area contributed by atoms with Crippen LogP contribution in [0, 0.1) is 33.8 Å². The zero-order chi connectivity index (χ0) is 19.1. The number of amides is 4.